The SMILES string of the molecule is O=C(Nc1ccc(Cl)c(C(F)(F)F)c1)NC1CCc2[nH]c3c(C(=O)NC4CC4)cccc3c2C1. The largest absolute Gasteiger partial charge is 0.417 e. The van der Waals surface area contributed by atoms with E-state index in [1.54, 1.807) is 6.07 Å². The number of alkyl halides is 3. The van der Waals surface area contributed by atoms with Gasteiger partial charge in [-0.1, -0.05) is 23.7 Å². The van der Waals surface area contributed by atoms with Crippen LogP contribution in [0.15, 0.2) is 36.4 Å². The van der Waals surface area contributed by atoms with Crippen LogP contribution < -0.4 is 16.0 Å². The first kappa shape index (κ1) is 22.6. The molecule has 2 aromatic carbocycles. The van der Waals surface area contributed by atoms with Gasteiger partial charge in [0.2, 0.25) is 0 Å². The predicted molar refractivity (Wildman–Crippen MR) is 123 cm³/mol. The van der Waals surface area contributed by atoms with Gasteiger partial charge in [-0.05, 0) is 61.9 Å². The summed E-state index contributed by atoms with van der Waals surface area (Å²) in [6, 6.07) is 8.31. The number of aryl methyl sites for hydroxylation is 1. The summed E-state index contributed by atoms with van der Waals surface area (Å²) in [6.07, 6.45) is -0.722. The van der Waals surface area contributed by atoms with E-state index in [1.165, 1.54) is 6.07 Å². The summed E-state index contributed by atoms with van der Waals surface area (Å²) in [4.78, 5) is 28.5. The highest BCUT2D eigenvalue weighted by atomic mass is 35.5. The van der Waals surface area contributed by atoms with Crippen molar-refractivity contribution in [2.75, 3.05) is 5.32 Å². The van der Waals surface area contributed by atoms with Crippen LogP contribution in [0.2, 0.25) is 5.02 Å². The zero-order valence-corrected chi connectivity index (χ0v) is 18.7. The Morgan fingerprint density at radius 3 is 2.56 bits per heavy atom. The number of hydrogen-bond donors (Lipinski definition) is 4. The molecule has 2 aliphatic rings. The van der Waals surface area contributed by atoms with Gasteiger partial charge in [-0.25, -0.2) is 4.79 Å². The van der Waals surface area contributed by atoms with E-state index in [-0.39, 0.29) is 23.7 Å². The molecule has 3 amide bonds. The van der Waals surface area contributed by atoms with Crippen LogP contribution >= 0.6 is 11.6 Å². The quantitative estimate of drug-likeness (QED) is 0.394. The Labute approximate surface area is 198 Å². The van der Waals surface area contributed by atoms with Gasteiger partial charge in [-0.3, -0.25) is 4.79 Å². The fourth-order valence-corrected chi connectivity index (χ4v) is 4.64. The van der Waals surface area contributed by atoms with Crippen molar-refractivity contribution in [3.8, 4) is 0 Å². The average molecular weight is 491 g/mol. The summed E-state index contributed by atoms with van der Waals surface area (Å²) in [5.41, 5.74) is 2.46. The number of halogens is 4. The Morgan fingerprint density at radius 1 is 1.03 bits per heavy atom. The molecule has 2 aliphatic carbocycles. The van der Waals surface area contributed by atoms with Crippen molar-refractivity contribution in [3.05, 3.63) is 63.8 Å². The maximum Gasteiger partial charge on any atom is 0.417 e. The van der Waals surface area contributed by atoms with Crippen molar-refractivity contribution in [1.29, 1.82) is 0 Å². The first-order valence-corrected chi connectivity index (χ1v) is 11.4. The summed E-state index contributed by atoms with van der Waals surface area (Å²) in [5.74, 6) is -0.0954. The number of hydrogen-bond acceptors (Lipinski definition) is 2. The van der Waals surface area contributed by atoms with Crippen LogP contribution in [0.3, 0.4) is 0 Å². The topological polar surface area (TPSA) is 86.0 Å². The Balaban J connectivity index is 1.29. The fraction of sp³-hybridized carbons (Fsp3) is 0.333. The minimum atomic E-state index is -4.62. The molecule has 3 aromatic rings. The summed E-state index contributed by atoms with van der Waals surface area (Å²) in [7, 11) is 0. The molecule has 0 aliphatic heterocycles. The van der Waals surface area contributed by atoms with Crippen molar-refractivity contribution in [2.24, 2.45) is 0 Å². The van der Waals surface area contributed by atoms with E-state index < -0.39 is 22.8 Å². The minimum absolute atomic E-state index is 0.00383. The van der Waals surface area contributed by atoms with Gasteiger partial charge in [0.05, 0.1) is 21.7 Å². The maximum atomic E-state index is 13.1. The number of aromatic nitrogens is 1. The average Bonchev–Trinajstić information content (AvgIpc) is 3.51. The number of carbonyl (C=O) groups is 2. The molecule has 0 bridgehead atoms. The molecule has 0 radical (unpaired) electrons. The lowest BCUT2D eigenvalue weighted by atomic mass is 9.91. The molecular formula is C24H22ClF3N4O2. The molecule has 10 heteroatoms. The summed E-state index contributed by atoms with van der Waals surface area (Å²) in [6.45, 7) is 0. The molecule has 0 saturated heterocycles. The number of urea groups is 1. The van der Waals surface area contributed by atoms with Gasteiger partial charge in [-0.2, -0.15) is 13.2 Å². The molecule has 1 unspecified atom stereocenters. The van der Waals surface area contributed by atoms with Crippen molar-refractivity contribution in [3.63, 3.8) is 0 Å². The van der Waals surface area contributed by atoms with Crippen LogP contribution in [-0.4, -0.2) is 29.0 Å². The molecule has 1 heterocycles. The van der Waals surface area contributed by atoms with Gasteiger partial charge >= 0.3 is 12.2 Å². The van der Waals surface area contributed by atoms with Crippen LogP contribution in [0.4, 0.5) is 23.7 Å². The number of anilines is 1. The molecule has 1 fully saturated rings. The molecule has 1 atom stereocenters. The van der Waals surface area contributed by atoms with E-state index in [1.807, 2.05) is 12.1 Å². The lowest BCUT2D eigenvalue weighted by Crippen LogP contribution is -2.41. The van der Waals surface area contributed by atoms with E-state index in [0.717, 1.165) is 47.1 Å². The number of para-hydroxylation sites is 1. The third kappa shape index (κ3) is 4.57. The van der Waals surface area contributed by atoms with Crippen molar-refractivity contribution in [2.45, 2.75) is 50.4 Å². The van der Waals surface area contributed by atoms with Gasteiger partial charge in [0.1, 0.15) is 0 Å². The van der Waals surface area contributed by atoms with Crippen molar-refractivity contribution >= 4 is 40.1 Å². The van der Waals surface area contributed by atoms with Crippen LogP contribution in [0.25, 0.3) is 10.9 Å². The van der Waals surface area contributed by atoms with E-state index in [4.69, 9.17) is 11.6 Å². The number of fused-ring (bicyclic) bond motifs is 3. The van der Waals surface area contributed by atoms with Crippen LogP contribution in [0.5, 0.6) is 0 Å². The second-order valence-corrected chi connectivity index (χ2v) is 9.20. The summed E-state index contributed by atoms with van der Waals surface area (Å²) in [5, 5.41) is 8.84. The van der Waals surface area contributed by atoms with E-state index in [9.17, 15) is 22.8 Å². The highest BCUT2D eigenvalue weighted by molar-refractivity contribution is 6.31. The molecule has 178 valence electrons. The highest BCUT2D eigenvalue weighted by Crippen LogP contribution is 2.36. The lowest BCUT2D eigenvalue weighted by molar-refractivity contribution is -0.137. The van der Waals surface area contributed by atoms with Crippen molar-refractivity contribution < 1.29 is 22.8 Å². The zero-order chi connectivity index (χ0) is 24.0. The second kappa shape index (κ2) is 8.54. The molecule has 1 saturated carbocycles. The third-order valence-electron chi connectivity index (χ3n) is 6.25. The van der Waals surface area contributed by atoms with Crippen molar-refractivity contribution in [1.82, 2.24) is 15.6 Å². The van der Waals surface area contributed by atoms with Gasteiger partial charge < -0.3 is 20.9 Å². The third-order valence-corrected chi connectivity index (χ3v) is 6.57. The van der Waals surface area contributed by atoms with E-state index in [2.05, 4.69) is 20.9 Å². The lowest BCUT2D eigenvalue weighted by Gasteiger charge is -2.24. The Morgan fingerprint density at radius 2 is 1.82 bits per heavy atom. The number of benzene rings is 2. The number of amides is 3. The monoisotopic (exact) mass is 490 g/mol. The molecule has 4 N–H and O–H groups in total. The summed E-state index contributed by atoms with van der Waals surface area (Å²) < 4.78 is 39.2. The van der Waals surface area contributed by atoms with Gasteiger partial charge in [0.15, 0.2) is 0 Å². The molecule has 0 spiro atoms. The molecular weight excluding hydrogens is 469 g/mol. The molecule has 34 heavy (non-hydrogen) atoms. The molecule has 1 aromatic heterocycles. The fourth-order valence-electron chi connectivity index (χ4n) is 4.42. The standard InChI is InChI=1S/C24H22ClF3N4O2/c25-19-8-6-14(11-18(19)24(26,27)28)31-23(34)30-13-7-9-20-17(10-13)15-2-1-3-16(21(15)32-20)22(33)29-12-4-5-12/h1-3,6,8,11-13,32H,4-5,7,9-10H2,(H,29,33)(H2,30,31,34). The second-order valence-electron chi connectivity index (χ2n) is 8.79. The van der Waals surface area contributed by atoms with Crippen LogP contribution in [0.1, 0.15) is 46.4 Å². The number of rotatable bonds is 4. The minimum Gasteiger partial charge on any atom is -0.357 e. The first-order valence-electron chi connectivity index (χ1n) is 11.1. The number of aromatic amines is 1. The smallest absolute Gasteiger partial charge is 0.357 e. The van der Waals surface area contributed by atoms with Crippen LogP contribution in [-0.2, 0) is 19.0 Å². The Bertz CT molecular complexity index is 1280. The Kier molecular flexibility index (Phi) is 5.67. The molecule has 6 nitrogen and oxygen atoms in total. The van der Waals surface area contributed by atoms with E-state index >= 15 is 0 Å². The number of H-pyrrole nitrogens is 1. The maximum absolute atomic E-state index is 13.1. The van der Waals surface area contributed by atoms with Gasteiger partial charge in [0.25, 0.3) is 5.91 Å². The van der Waals surface area contributed by atoms with Crippen LogP contribution in [0, 0.1) is 0 Å². The molecule has 5 rings (SSSR count). The highest BCUT2D eigenvalue weighted by Gasteiger charge is 2.33. The normalized spacial score (nSPS) is 17.8. The van der Waals surface area contributed by atoms with Gasteiger partial charge in [-0.15, -0.1) is 0 Å². The first-order chi connectivity index (χ1) is 16.2. The number of nitrogens with one attached hydrogen (secondary N) is 4. The summed E-state index contributed by atoms with van der Waals surface area (Å²) >= 11 is 5.64. The van der Waals surface area contributed by atoms with Gasteiger partial charge in [0, 0.05) is 28.9 Å². The predicted octanol–water partition coefficient (Wildman–Crippen LogP) is 5.41. The number of carbonyl (C=O) groups excluding carboxylic acids is 2. The zero-order valence-electron chi connectivity index (χ0n) is 18.0. The van der Waals surface area contributed by atoms with E-state index in [0.29, 0.717) is 24.8 Å². The Hall–Kier alpha value is -3.20.